The lowest BCUT2D eigenvalue weighted by atomic mass is 10.0. The summed E-state index contributed by atoms with van der Waals surface area (Å²) in [6.07, 6.45) is -4.48. The molecular formula is C31H25F3N4. The van der Waals surface area contributed by atoms with E-state index in [0.29, 0.717) is 34.8 Å². The summed E-state index contributed by atoms with van der Waals surface area (Å²) in [6, 6.07) is 30.7. The van der Waals surface area contributed by atoms with Gasteiger partial charge in [-0.15, -0.1) is 0 Å². The Kier molecular flexibility index (Phi) is 6.59. The number of benzene rings is 4. The van der Waals surface area contributed by atoms with Crippen LogP contribution >= 0.6 is 0 Å². The lowest BCUT2D eigenvalue weighted by Crippen LogP contribution is -2.11. The minimum absolute atomic E-state index is 0.0318. The molecular weight excluding hydrogens is 485 g/mol. The summed E-state index contributed by atoms with van der Waals surface area (Å²) in [5, 5.41) is 7.68. The summed E-state index contributed by atoms with van der Waals surface area (Å²) in [5.74, 6) is 0.406. The van der Waals surface area contributed by atoms with Crippen molar-refractivity contribution in [3.63, 3.8) is 0 Å². The molecule has 5 rings (SSSR count). The molecule has 0 spiro atoms. The SMILES string of the molecule is Cc1cc(-c2nc(-c3ccccc3)c(-c3ccccc3)n2Cc2ccc(C(=N)N)cc2)cc(C(F)(F)F)c1. The third-order valence-electron chi connectivity index (χ3n) is 6.33. The number of hydrogen-bond donors (Lipinski definition) is 2. The first kappa shape index (κ1) is 25.0. The minimum atomic E-state index is -4.48. The molecule has 0 aliphatic carbocycles. The number of aromatic nitrogens is 2. The quantitative estimate of drug-likeness (QED) is 0.183. The van der Waals surface area contributed by atoms with Crippen molar-refractivity contribution in [2.45, 2.75) is 19.6 Å². The predicted molar refractivity (Wildman–Crippen MR) is 145 cm³/mol. The van der Waals surface area contributed by atoms with E-state index in [1.807, 2.05) is 77.4 Å². The van der Waals surface area contributed by atoms with E-state index in [2.05, 4.69) is 0 Å². The van der Waals surface area contributed by atoms with Gasteiger partial charge in [-0.1, -0.05) is 84.9 Å². The predicted octanol–water partition coefficient (Wildman–Crippen LogP) is 7.54. The summed E-state index contributed by atoms with van der Waals surface area (Å²) >= 11 is 0. The number of rotatable bonds is 6. The summed E-state index contributed by atoms with van der Waals surface area (Å²) < 4.78 is 43.3. The van der Waals surface area contributed by atoms with Gasteiger partial charge in [-0.3, -0.25) is 5.41 Å². The Hall–Kier alpha value is -4.65. The van der Waals surface area contributed by atoms with Gasteiger partial charge in [0, 0.05) is 28.8 Å². The fourth-order valence-corrected chi connectivity index (χ4v) is 4.56. The van der Waals surface area contributed by atoms with Crippen LogP contribution in [0.1, 0.15) is 22.3 Å². The highest BCUT2D eigenvalue weighted by Gasteiger charge is 2.32. The number of nitrogen functional groups attached to an aromatic ring is 1. The number of halogens is 3. The van der Waals surface area contributed by atoms with Crippen LogP contribution in [0.5, 0.6) is 0 Å². The first-order valence-corrected chi connectivity index (χ1v) is 12.0. The highest BCUT2D eigenvalue weighted by atomic mass is 19.4. The third-order valence-corrected chi connectivity index (χ3v) is 6.33. The average Bonchev–Trinajstić information content (AvgIpc) is 3.28. The van der Waals surface area contributed by atoms with Crippen LogP contribution in [0.2, 0.25) is 0 Å². The number of nitrogens with one attached hydrogen (secondary N) is 1. The molecule has 1 aromatic heterocycles. The highest BCUT2D eigenvalue weighted by molar-refractivity contribution is 5.94. The first-order chi connectivity index (χ1) is 18.2. The molecule has 1 heterocycles. The van der Waals surface area contributed by atoms with Crippen LogP contribution in [0, 0.1) is 12.3 Å². The van der Waals surface area contributed by atoms with Crippen molar-refractivity contribution in [3.8, 4) is 33.9 Å². The molecule has 4 nitrogen and oxygen atoms in total. The van der Waals surface area contributed by atoms with E-state index < -0.39 is 11.7 Å². The Morgan fingerprint density at radius 2 is 1.42 bits per heavy atom. The number of amidine groups is 1. The Labute approximate surface area is 218 Å². The molecule has 4 aromatic carbocycles. The van der Waals surface area contributed by atoms with Gasteiger partial charge < -0.3 is 10.3 Å². The van der Waals surface area contributed by atoms with E-state index >= 15 is 0 Å². The number of hydrogen-bond acceptors (Lipinski definition) is 2. The number of alkyl halides is 3. The van der Waals surface area contributed by atoms with Crippen molar-refractivity contribution in [2.24, 2.45) is 5.73 Å². The van der Waals surface area contributed by atoms with Crippen molar-refractivity contribution < 1.29 is 13.2 Å². The average molecular weight is 511 g/mol. The highest BCUT2D eigenvalue weighted by Crippen LogP contribution is 2.39. The van der Waals surface area contributed by atoms with Crippen molar-refractivity contribution >= 4 is 5.84 Å². The van der Waals surface area contributed by atoms with Gasteiger partial charge >= 0.3 is 6.18 Å². The van der Waals surface area contributed by atoms with E-state index in [4.69, 9.17) is 16.1 Å². The Morgan fingerprint density at radius 3 is 2.00 bits per heavy atom. The second kappa shape index (κ2) is 10.0. The van der Waals surface area contributed by atoms with Crippen LogP contribution < -0.4 is 5.73 Å². The maximum atomic E-state index is 13.8. The maximum Gasteiger partial charge on any atom is 0.416 e. The van der Waals surface area contributed by atoms with Crippen molar-refractivity contribution in [1.82, 2.24) is 9.55 Å². The molecule has 0 bridgehead atoms. The van der Waals surface area contributed by atoms with Gasteiger partial charge in [0.25, 0.3) is 0 Å². The zero-order valence-corrected chi connectivity index (χ0v) is 20.6. The fraction of sp³-hybridized carbons (Fsp3) is 0.0968. The third kappa shape index (κ3) is 5.09. The van der Waals surface area contributed by atoms with E-state index in [-0.39, 0.29) is 5.84 Å². The molecule has 3 N–H and O–H groups in total. The molecule has 7 heteroatoms. The fourth-order valence-electron chi connectivity index (χ4n) is 4.56. The Morgan fingerprint density at radius 1 is 0.816 bits per heavy atom. The van der Waals surface area contributed by atoms with Gasteiger partial charge in [-0.05, 0) is 36.2 Å². The molecule has 0 unspecified atom stereocenters. The van der Waals surface area contributed by atoms with Crippen LogP contribution in [0.15, 0.2) is 103 Å². The lowest BCUT2D eigenvalue weighted by Gasteiger charge is -2.15. The summed E-state index contributed by atoms with van der Waals surface area (Å²) in [5.41, 5.74) is 10.5. The van der Waals surface area contributed by atoms with Crippen LogP contribution in [0.25, 0.3) is 33.9 Å². The molecule has 0 aliphatic heterocycles. The van der Waals surface area contributed by atoms with Gasteiger partial charge in [0.1, 0.15) is 11.7 Å². The Bertz CT molecular complexity index is 1590. The maximum absolute atomic E-state index is 13.8. The minimum Gasteiger partial charge on any atom is -0.384 e. The topological polar surface area (TPSA) is 67.7 Å². The second-order valence-corrected chi connectivity index (χ2v) is 9.15. The molecule has 0 radical (unpaired) electrons. The van der Waals surface area contributed by atoms with Crippen molar-refractivity contribution in [2.75, 3.05) is 0 Å². The largest absolute Gasteiger partial charge is 0.416 e. The van der Waals surface area contributed by atoms with Crippen molar-refractivity contribution in [1.29, 1.82) is 5.41 Å². The lowest BCUT2D eigenvalue weighted by molar-refractivity contribution is -0.137. The standard InChI is InChI=1S/C31H25F3N4/c1-20-16-25(18-26(17-20)31(32,33)34)30-37-27(22-8-4-2-5-9-22)28(23-10-6-3-7-11-23)38(30)19-21-12-14-24(15-13-21)29(35)36/h2-18H,19H2,1H3,(H3,35,36). The van der Waals surface area contributed by atoms with Gasteiger partial charge in [-0.25, -0.2) is 4.98 Å². The monoisotopic (exact) mass is 510 g/mol. The molecule has 0 amide bonds. The van der Waals surface area contributed by atoms with Gasteiger partial charge in [0.15, 0.2) is 0 Å². The Balaban J connectivity index is 1.79. The molecule has 0 aliphatic rings. The summed E-state index contributed by atoms with van der Waals surface area (Å²) in [7, 11) is 0. The summed E-state index contributed by atoms with van der Waals surface area (Å²) in [6.45, 7) is 2.01. The van der Waals surface area contributed by atoms with Crippen LogP contribution in [0.3, 0.4) is 0 Å². The van der Waals surface area contributed by atoms with Crippen LogP contribution in [-0.2, 0) is 12.7 Å². The van der Waals surface area contributed by atoms with E-state index in [1.165, 1.54) is 0 Å². The number of imidazole rings is 1. The van der Waals surface area contributed by atoms with E-state index in [1.54, 1.807) is 25.1 Å². The molecule has 0 atom stereocenters. The molecule has 5 aromatic rings. The molecule has 38 heavy (non-hydrogen) atoms. The van der Waals surface area contributed by atoms with Crippen LogP contribution in [0.4, 0.5) is 13.2 Å². The number of nitrogens with two attached hydrogens (primary N) is 1. The zero-order valence-electron chi connectivity index (χ0n) is 20.6. The normalized spacial score (nSPS) is 11.5. The molecule has 0 saturated carbocycles. The first-order valence-electron chi connectivity index (χ1n) is 12.0. The van der Waals surface area contributed by atoms with Crippen LogP contribution in [-0.4, -0.2) is 15.4 Å². The second-order valence-electron chi connectivity index (χ2n) is 9.15. The number of aryl methyl sites for hydroxylation is 1. The van der Waals surface area contributed by atoms with Gasteiger partial charge in [0.05, 0.1) is 17.0 Å². The molecule has 0 fully saturated rings. The molecule has 0 saturated heterocycles. The molecule has 190 valence electrons. The smallest absolute Gasteiger partial charge is 0.384 e. The van der Waals surface area contributed by atoms with E-state index in [0.717, 1.165) is 34.5 Å². The number of nitrogens with zero attached hydrogens (tertiary/aromatic N) is 2. The summed E-state index contributed by atoms with van der Waals surface area (Å²) in [4.78, 5) is 4.97. The van der Waals surface area contributed by atoms with E-state index in [9.17, 15) is 13.2 Å². The van der Waals surface area contributed by atoms with Gasteiger partial charge in [0.2, 0.25) is 0 Å². The zero-order chi connectivity index (χ0) is 26.9. The van der Waals surface area contributed by atoms with Gasteiger partial charge in [-0.2, -0.15) is 13.2 Å². The van der Waals surface area contributed by atoms with Crippen molar-refractivity contribution in [3.05, 3.63) is 125 Å².